The monoisotopic (exact) mass is 341 g/mol. The number of carbonyl (C=O) groups is 1. The molecule has 0 radical (unpaired) electrons. The fourth-order valence-corrected chi connectivity index (χ4v) is 1.92. The van der Waals surface area contributed by atoms with Crippen LogP contribution in [0.1, 0.15) is 0 Å². The molecule has 2 aromatic rings. The zero-order valence-electron chi connectivity index (χ0n) is 10.6. The number of nitrogens with zero attached hydrogens (tertiary/aromatic N) is 1. The molecule has 4 nitrogen and oxygen atoms in total. The number of carbonyl (C=O) groups excluding carboxylic acids is 1. The van der Waals surface area contributed by atoms with E-state index in [0.717, 1.165) is 0 Å². The van der Waals surface area contributed by atoms with Crippen LogP contribution in [0.3, 0.4) is 0 Å². The first-order valence-electron chi connectivity index (χ1n) is 5.87. The van der Waals surface area contributed by atoms with Gasteiger partial charge in [-0.05, 0) is 30.3 Å². The predicted octanol–water partition coefficient (Wildman–Crippen LogP) is 4.60. The van der Waals surface area contributed by atoms with Gasteiger partial charge in [0.15, 0.2) is 0 Å². The summed E-state index contributed by atoms with van der Waals surface area (Å²) in [7, 11) is 0. The number of rotatable bonds is 4. The minimum absolute atomic E-state index is 0.255. The normalized spacial score (nSPS) is 11.1. The van der Waals surface area contributed by atoms with Crippen LogP contribution in [0.25, 0.3) is 0 Å². The van der Waals surface area contributed by atoms with E-state index in [4.69, 9.17) is 34.8 Å². The quantitative estimate of drug-likeness (QED) is 0.630. The number of halogens is 3. The summed E-state index contributed by atoms with van der Waals surface area (Å²) < 4.78 is 0. The summed E-state index contributed by atoms with van der Waals surface area (Å²) in [5.41, 5.74) is 3.72. The Balaban J connectivity index is 2.02. The van der Waals surface area contributed by atoms with E-state index < -0.39 is 5.91 Å². The first-order chi connectivity index (χ1) is 10.1. The van der Waals surface area contributed by atoms with Crippen molar-refractivity contribution in [3.63, 3.8) is 0 Å². The molecule has 0 saturated heterocycles. The third kappa shape index (κ3) is 4.63. The van der Waals surface area contributed by atoms with Crippen LogP contribution in [-0.4, -0.2) is 11.1 Å². The van der Waals surface area contributed by atoms with E-state index in [9.17, 15) is 4.79 Å². The van der Waals surface area contributed by atoms with Crippen molar-refractivity contribution >= 4 is 57.3 Å². The Morgan fingerprint density at radius 3 is 2.52 bits per heavy atom. The molecule has 0 bridgehead atoms. The van der Waals surface area contributed by atoms with Crippen molar-refractivity contribution in [2.24, 2.45) is 5.10 Å². The number of amides is 1. The third-order valence-electron chi connectivity index (χ3n) is 2.42. The molecule has 2 N–H and O–H groups in total. The molecule has 1 amide bonds. The van der Waals surface area contributed by atoms with Crippen molar-refractivity contribution in [3.8, 4) is 0 Å². The highest BCUT2D eigenvalue weighted by Gasteiger charge is 2.10. The van der Waals surface area contributed by atoms with Gasteiger partial charge < -0.3 is 5.32 Å². The lowest BCUT2D eigenvalue weighted by Gasteiger charge is -2.06. The van der Waals surface area contributed by atoms with Gasteiger partial charge in [0.25, 0.3) is 5.91 Å². The second kappa shape index (κ2) is 7.31. The number of hydrazone groups is 1. The minimum Gasteiger partial charge on any atom is -0.318 e. The first-order valence-corrected chi connectivity index (χ1v) is 7.00. The Bertz CT molecular complexity index is 689. The van der Waals surface area contributed by atoms with Gasteiger partial charge in [-0.2, -0.15) is 5.10 Å². The second-order valence-electron chi connectivity index (χ2n) is 3.96. The largest absolute Gasteiger partial charge is 0.318 e. The number of benzene rings is 2. The van der Waals surface area contributed by atoms with Crippen molar-refractivity contribution in [2.75, 3.05) is 10.7 Å². The average molecular weight is 343 g/mol. The van der Waals surface area contributed by atoms with E-state index in [1.54, 1.807) is 48.5 Å². The van der Waals surface area contributed by atoms with Crippen LogP contribution in [0.5, 0.6) is 0 Å². The topological polar surface area (TPSA) is 53.5 Å². The Morgan fingerprint density at radius 2 is 1.81 bits per heavy atom. The Morgan fingerprint density at radius 1 is 1.05 bits per heavy atom. The van der Waals surface area contributed by atoms with Gasteiger partial charge in [0, 0.05) is 5.02 Å². The standard InChI is InChI=1S/C14H10Cl3N3O/c15-9-4-3-5-10(8-9)19-20-13(17)14(21)18-12-7-2-1-6-11(12)16/h1-8,19H,(H,18,21)/b20-13-. The molecule has 0 atom stereocenters. The Labute approximate surface area is 136 Å². The van der Waals surface area contributed by atoms with Gasteiger partial charge in [-0.3, -0.25) is 10.2 Å². The van der Waals surface area contributed by atoms with Crippen LogP contribution in [-0.2, 0) is 4.79 Å². The fourth-order valence-electron chi connectivity index (χ4n) is 1.46. The van der Waals surface area contributed by atoms with E-state index >= 15 is 0 Å². The van der Waals surface area contributed by atoms with Crippen LogP contribution in [0, 0.1) is 0 Å². The zero-order chi connectivity index (χ0) is 15.2. The SMILES string of the molecule is O=C(Nc1ccccc1Cl)/C(Cl)=N/Nc1cccc(Cl)c1. The van der Waals surface area contributed by atoms with E-state index in [1.807, 2.05) is 0 Å². The average Bonchev–Trinajstić information content (AvgIpc) is 2.47. The summed E-state index contributed by atoms with van der Waals surface area (Å²) in [6.45, 7) is 0. The molecule has 21 heavy (non-hydrogen) atoms. The zero-order valence-corrected chi connectivity index (χ0v) is 12.9. The highest BCUT2D eigenvalue weighted by molar-refractivity contribution is 6.84. The lowest BCUT2D eigenvalue weighted by Crippen LogP contribution is -2.19. The van der Waals surface area contributed by atoms with Gasteiger partial charge in [0.1, 0.15) is 0 Å². The van der Waals surface area contributed by atoms with Gasteiger partial charge >= 0.3 is 0 Å². The van der Waals surface area contributed by atoms with E-state index in [-0.39, 0.29) is 5.17 Å². The molecule has 0 saturated carbocycles. The molecular weight excluding hydrogens is 333 g/mol. The number of nitrogens with one attached hydrogen (secondary N) is 2. The Hall–Kier alpha value is -1.75. The maximum atomic E-state index is 11.9. The molecular formula is C14H10Cl3N3O. The molecule has 0 aliphatic heterocycles. The highest BCUT2D eigenvalue weighted by atomic mass is 35.5. The summed E-state index contributed by atoms with van der Waals surface area (Å²) in [6.07, 6.45) is 0. The van der Waals surface area contributed by atoms with Gasteiger partial charge in [0.05, 0.1) is 16.4 Å². The van der Waals surface area contributed by atoms with Crippen molar-refractivity contribution in [1.29, 1.82) is 0 Å². The molecule has 108 valence electrons. The summed E-state index contributed by atoms with van der Waals surface area (Å²) in [4.78, 5) is 11.9. The molecule has 0 aromatic heterocycles. The maximum Gasteiger partial charge on any atom is 0.287 e. The predicted molar refractivity (Wildman–Crippen MR) is 88.4 cm³/mol. The third-order valence-corrected chi connectivity index (χ3v) is 3.24. The lowest BCUT2D eigenvalue weighted by molar-refractivity contribution is -0.110. The lowest BCUT2D eigenvalue weighted by atomic mass is 10.3. The number of hydrogen-bond donors (Lipinski definition) is 2. The van der Waals surface area contributed by atoms with Crippen LogP contribution < -0.4 is 10.7 Å². The van der Waals surface area contributed by atoms with Crippen molar-refractivity contribution in [2.45, 2.75) is 0 Å². The van der Waals surface area contributed by atoms with Gasteiger partial charge in [-0.25, -0.2) is 0 Å². The number of para-hydroxylation sites is 1. The van der Waals surface area contributed by atoms with Gasteiger partial charge in [0.2, 0.25) is 5.17 Å². The number of hydrogen-bond acceptors (Lipinski definition) is 3. The molecule has 0 heterocycles. The van der Waals surface area contributed by atoms with Gasteiger partial charge in [-0.1, -0.05) is 53.0 Å². The Kier molecular flexibility index (Phi) is 5.44. The molecule has 0 unspecified atom stereocenters. The molecule has 2 rings (SSSR count). The first kappa shape index (κ1) is 15.6. The van der Waals surface area contributed by atoms with Crippen LogP contribution >= 0.6 is 34.8 Å². The summed E-state index contributed by atoms with van der Waals surface area (Å²) in [5.74, 6) is -0.570. The minimum atomic E-state index is -0.570. The van der Waals surface area contributed by atoms with Gasteiger partial charge in [-0.15, -0.1) is 0 Å². The molecule has 0 aliphatic carbocycles. The summed E-state index contributed by atoms with van der Waals surface area (Å²) in [6, 6.07) is 13.7. The van der Waals surface area contributed by atoms with E-state index in [1.165, 1.54) is 0 Å². The molecule has 0 aliphatic rings. The van der Waals surface area contributed by atoms with Crippen molar-refractivity contribution < 1.29 is 4.79 Å². The van der Waals surface area contributed by atoms with E-state index in [0.29, 0.717) is 21.4 Å². The summed E-state index contributed by atoms with van der Waals surface area (Å²) >= 11 is 17.6. The van der Waals surface area contributed by atoms with Crippen LogP contribution in [0.15, 0.2) is 53.6 Å². The smallest absolute Gasteiger partial charge is 0.287 e. The van der Waals surface area contributed by atoms with Crippen molar-refractivity contribution in [3.05, 3.63) is 58.6 Å². The highest BCUT2D eigenvalue weighted by Crippen LogP contribution is 2.20. The molecule has 2 aromatic carbocycles. The number of anilines is 2. The second-order valence-corrected chi connectivity index (χ2v) is 5.16. The van der Waals surface area contributed by atoms with E-state index in [2.05, 4.69) is 15.8 Å². The molecule has 0 spiro atoms. The summed E-state index contributed by atoms with van der Waals surface area (Å²) in [5, 5.41) is 7.05. The van der Waals surface area contributed by atoms with Crippen molar-refractivity contribution in [1.82, 2.24) is 0 Å². The van der Waals surface area contributed by atoms with Crippen LogP contribution in [0.2, 0.25) is 10.0 Å². The van der Waals surface area contributed by atoms with Crippen LogP contribution in [0.4, 0.5) is 11.4 Å². The molecule has 0 fully saturated rings. The maximum absolute atomic E-state index is 11.9. The molecule has 7 heteroatoms. The fraction of sp³-hybridized carbons (Fsp3) is 0.